The van der Waals surface area contributed by atoms with E-state index in [1.165, 1.54) is 11.1 Å². The van der Waals surface area contributed by atoms with Crippen LogP contribution in [0, 0.1) is 0 Å². The molecule has 0 unspecified atom stereocenters. The number of hydrogen-bond donors (Lipinski definition) is 0. The highest BCUT2D eigenvalue weighted by Crippen LogP contribution is 2.21. The third-order valence-corrected chi connectivity index (χ3v) is 5.61. The van der Waals surface area contributed by atoms with Gasteiger partial charge in [-0.25, -0.2) is 9.67 Å². The Morgan fingerprint density at radius 2 is 1.15 bits per heavy atom. The van der Waals surface area contributed by atoms with Gasteiger partial charge in [-0.05, 0) is 73.1 Å². The van der Waals surface area contributed by atoms with Gasteiger partial charge in [0.2, 0.25) is 0 Å². The summed E-state index contributed by atoms with van der Waals surface area (Å²) in [5.41, 5.74) is 4.50. The van der Waals surface area contributed by atoms with Crippen LogP contribution in [0.5, 0.6) is 0 Å². The first-order chi connectivity index (χ1) is 17.9. The van der Waals surface area contributed by atoms with E-state index in [4.69, 9.17) is 0 Å². The third-order valence-electron chi connectivity index (χ3n) is 5.61. The standard InChI is InChI=1S/3C9H13N.C6H11N3/c1-9(2,3)8-4-6-10-7-5-8;1-9(2,3)8-5-4-6-10-7-8;1-9(2,3)8-6-4-5-7-10-8;1-6(2,3)9-5-7-4-8-9/h3*4-7H,1-3H3;4-5H,1-3H3. The second kappa shape index (κ2) is 14.7. The Morgan fingerprint density at radius 3 is 1.44 bits per heavy atom. The van der Waals surface area contributed by atoms with Gasteiger partial charge in [0.1, 0.15) is 12.7 Å². The summed E-state index contributed by atoms with van der Waals surface area (Å²) >= 11 is 0. The van der Waals surface area contributed by atoms with Gasteiger partial charge in [0.05, 0.1) is 5.54 Å². The van der Waals surface area contributed by atoms with E-state index in [-0.39, 0.29) is 21.8 Å². The quantitative estimate of drug-likeness (QED) is 0.229. The van der Waals surface area contributed by atoms with Crippen LogP contribution in [0.3, 0.4) is 0 Å². The predicted octanol–water partition coefficient (Wildman–Crippen LogP) is 8.17. The van der Waals surface area contributed by atoms with Crippen molar-refractivity contribution in [2.24, 2.45) is 0 Å². The summed E-state index contributed by atoms with van der Waals surface area (Å²) in [6.45, 7) is 25.9. The number of aromatic nitrogens is 6. The van der Waals surface area contributed by atoms with Gasteiger partial charge in [-0.15, -0.1) is 0 Å². The number of rotatable bonds is 0. The maximum absolute atomic E-state index is 4.25. The number of hydrogen-bond acceptors (Lipinski definition) is 5. The fraction of sp³-hybridized carbons (Fsp3) is 0.485. The lowest BCUT2D eigenvalue weighted by molar-refractivity contribution is 0.354. The molecule has 0 saturated heterocycles. The van der Waals surface area contributed by atoms with E-state index in [1.54, 1.807) is 18.9 Å². The maximum Gasteiger partial charge on any atom is 0.137 e. The Kier molecular flexibility index (Phi) is 12.6. The summed E-state index contributed by atoms with van der Waals surface area (Å²) in [5.74, 6) is 0. The van der Waals surface area contributed by atoms with Crippen LogP contribution in [0.2, 0.25) is 0 Å². The summed E-state index contributed by atoms with van der Waals surface area (Å²) in [6, 6.07) is 14.2. The van der Waals surface area contributed by atoms with E-state index in [2.05, 4.69) is 132 Å². The molecule has 0 fully saturated rings. The summed E-state index contributed by atoms with van der Waals surface area (Å²) in [7, 11) is 0. The molecule has 0 amide bonds. The molecule has 0 aliphatic carbocycles. The molecule has 0 radical (unpaired) electrons. The van der Waals surface area contributed by atoms with E-state index in [0.29, 0.717) is 0 Å². The van der Waals surface area contributed by atoms with Gasteiger partial charge >= 0.3 is 0 Å². The molecule has 0 aliphatic heterocycles. The summed E-state index contributed by atoms with van der Waals surface area (Å²) < 4.78 is 1.83. The van der Waals surface area contributed by atoms with Gasteiger partial charge in [-0.1, -0.05) is 74.4 Å². The first-order valence-electron chi connectivity index (χ1n) is 13.5. The largest absolute Gasteiger partial charge is 0.265 e. The highest BCUT2D eigenvalue weighted by atomic mass is 15.3. The van der Waals surface area contributed by atoms with Crippen molar-refractivity contribution in [2.75, 3.05) is 0 Å². The minimum Gasteiger partial charge on any atom is -0.265 e. The molecule has 4 rings (SSSR count). The van der Waals surface area contributed by atoms with Crippen LogP contribution in [-0.2, 0) is 21.8 Å². The summed E-state index contributed by atoms with van der Waals surface area (Å²) in [4.78, 5) is 16.1. The van der Waals surface area contributed by atoms with Crippen LogP contribution in [0.1, 0.15) is 99.9 Å². The molecule has 0 atom stereocenters. The van der Waals surface area contributed by atoms with E-state index in [0.717, 1.165) is 5.69 Å². The first-order valence-corrected chi connectivity index (χ1v) is 13.5. The minimum atomic E-state index is 0.0660. The molecule has 6 heteroatoms. The Bertz CT molecular complexity index is 1030. The van der Waals surface area contributed by atoms with Gasteiger partial charge in [-0.2, -0.15) is 5.10 Å². The topological polar surface area (TPSA) is 69.4 Å². The van der Waals surface area contributed by atoms with Gasteiger partial charge in [-0.3, -0.25) is 15.0 Å². The molecule has 4 aromatic heterocycles. The van der Waals surface area contributed by atoms with Crippen molar-refractivity contribution in [3.05, 3.63) is 103 Å². The number of nitrogens with zero attached hydrogens (tertiary/aromatic N) is 6. The fourth-order valence-corrected chi connectivity index (χ4v) is 3.02. The average molecular weight is 531 g/mol. The lowest BCUT2D eigenvalue weighted by atomic mass is 9.88. The molecular formula is C33H50N6. The van der Waals surface area contributed by atoms with Crippen molar-refractivity contribution in [3.63, 3.8) is 0 Å². The smallest absolute Gasteiger partial charge is 0.137 e. The molecule has 6 nitrogen and oxygen atoms in total. The molecule has 4 aromatic rings. The molecule has 0 aliphatic rings. The molecule has 0 bridgehead atoms. The van der Waals surface area contributed by atoms with Crippen LogP contribution in [-0.4, -0.2) is 29.7 Å². The van der Waals surface area contributed by atoms with Crippen LogP contribution in [0.15, 0.2) is 86.1 Å². The highest BCUT2D eigenvalue weighted by Gasteiger charge is 2.14. The predicted molar refractivity (Wildman–Crippen MR) is 164 cm³/mol. The highest BCUT2D eigenvalue weighted by molar-refractivity contribution is 5.19. The summed E-state index contributed by atoms with van der Waals surface area (Å²) in [5, 5.41) is 3.99. The van der Waals surface area contributed by atoms with E-state index in [9.17, 15) is 0 Å². The van der Waals surface area contributed by atoms with Gasteiger partial charge in [0, 0.05) is 42.1 Å². The van der Waals surface area contributed by atoms with Crippen molar-refractivity contribution < 1.29 is 0 Å². The zero-order valence-corrected chi connectivity index (χ0v) is 26.3. The Hall–Kier alpha value is -3.41. The maximum atomic E-state index is 4.25. The molecular weight excluding hydrogens is 480 g/mol. The Morgan fingerprint density at radius 1 is 0.538 bits per heavy atom. The molecule has 39 heavy (non-hydrogen) atoms. The first kappa shape index (κ1) is 33.6. The van der Waals surface area contributed by atoms with Gasteiger partial charge in [0.15, 0.2) is 0 Å². The minimum absolute atomic E-state index is 0.0660. The zero-order valence-electron chi connectivity index (χ0n) is 26.3. The lowest BCUT2D eigenvalue weighted by Crippen LogP contribution is -2.21. The normalized spacial score (nSPS) is 11.6. The number of pyridine rings is 3. The average Bonchev–Trinajstić information content (AvgIpc) is 3.42. The fourth-order valence-electron chi connectivity index (χ4n) is 3.02. The molecule has 0 saturated carbocycles. The van der Waals surface area contributed by atoms with E-state index < -0.39 is 0 Å². The van der Waals surface area contributed by atoms with Crippen LogP contribution >= 0.6 is 0 Å². The molecule has 4 heterocycles. The van der Waals surface area contributed by atoms with Crippen molar-refractivity contribution in [1.82, 2.24) is 29.7 Å². The third kappa shape index (κ3) is 13.8. The summed E-state index contributed by atoms with van der Waals surface area (Å²) in [6.07, 6.45) is 12.5. The van der Waals surface area contributed by atoms with Crippen LogP contribution in [0.4, 0.5) is 0 Å². The van der Waals surface area contributed by atoms with Crippen LogP contribution in [0.25, 0.3) is 0 Å². The van der Waals surface area contributed by atoms with E-state index in [1.807, 2.05) is 47.7 Å². The lowest BCUT2D eigenvalue weighted by Gasteiger charge is -2.17. The Labute approximate surface area is 237 Å². The monoisotopic (exact) mass is 530 g/mol. The van der Waals surface area contributed by atoms with Crippen molar-refractivity contribution in [1.29, 1.82) is 0 Å². The van der Waals surface area contributed by atoms with Crippen molar-refractivity contribution in [2.45, 2.75) is 105 Å². The zero-order chi connectivity index (χ0) is 29.7. The molecule has 0 N–H and O–H groups in total. The van der Waals surface area contributed by atoms with Crippen molar-refractivity contribution >= 4 is 0 Å². The second-order valence-corrected chi connectivity index (χ2v) is 13.5. The van der Waals surface area contributed by atoms with Gasteiger partial charge < -0.3 is 0 Å². The second-order valence-electron chi connectivity index (χ2n) is 13.5. The van der Waals surface area contributed by atoms with Crippen LogP contribution < -0.4 is 0 Å². The molecule has 212 valence electrons. The Balaban J connectivity index is 0.000000260. The van der Waals surface area contributed by atoms with E-state index >= 15 is 0 Å². The van der Waals surface area contributed by atoms with Crippen molar-refractivity contribution in [3.8, 4) is 0 Å². The molecule has 0 aromatic carbocycles. The SMILES string of the molecule is CC(C)(C)c1ccccn1.CC(C)(C)c1cccnc1.CC(C)(C)c1ccncc1.CC(C)(C)n1cncn1. The molecule has 0 spiro atoms. The van der Waals surface area contributed by atoms with Gasteiger partial charge in [0.25, 0.3) is 0 Å².